The number of nitriles is 1. The molecule has 0 bridgehead atoms. The number of allylic oxidation sites excluding steroid dienone is 4. The smallest absolute Gasteiger partial charge is 0.269 e. The predicted molar refractivity (Wildman–Crippen MR) is 146 cm³/mol. The van der Waals surface area contributed by atoms with Crippen molar-refractivity contribution >= 4 is 28.2 Å². The summed E-state index contributed by atoms with van der Waals surface area (Å²) in [5.74, 6) is -0.0277. The number of carbonyl (C=O) groups is 1. The van der Waals surface area contributed by atoms with Gasteiger partial charge in [0.15, 0.2) is 5.78 Å². The Morgan fingerprint density at radius 1 is 0.730 bits per heavy atom. The van der Waals surface area contributed by atoms with Gasteiger partial charge in [0.25, 0.3) is 5.69 Å². The first-order chi connectivity index (χ1) is 18.0. The molecule has 0 radical (unpaired) electrons. The first-order valence-electron chi connectivity index (χ1n) is 11.8. The van der Waals surface area contributed by atoms with E-state index in [0.717, 1.165) is 22.3 Å². The van der Waals surface area contributed by atoms with Crippen LogP contribution in [0, 0.1) is 21.4 Å². The van der Waals surface area contributed by atoms with E-state index in [9.17, 15) is 20.2 Å². The fourth-order valence-corrected chi connectivity index (χ4v) is 4.30. The highest BCUT2D eigenvalue weighted by atomic mass is 16.6. The lowest BCUT2D eigenvalue weighted by Crippen LogP contribution is -2.04. The van der Waals surface area contributed by atoms with Crippen molar-refractivity contribution in [3.8, 4) is 6.07 Å². The molecule has 5 nitrogen and oxygen atoms in total. The van der Waals surface area contributed by atoms with Crippen LogP contribution in [-0.4, -0.2) is 10.7 Å². The molecule has 180 valence electrons. The fourth-order valence-electron chi connectivity index (χ4n) is 4.30. The highest BCUT2D eigenvalue weighted by molar-refractivity contribution is 6.09. The van der Waals surface area contributed by atoms with Gasteiger partial charge in [0, 0.05) is 29.7 Å². The second kappa shape index (κ2) is 11.6. The van der Waals surface area contributed by atoms with Gasteiger partial charge >= 0.3 is 0 Å². The van der Waals surface area contributed by atoms with Crippen LogP contribution in [0.3, 0.4) is 0 Å². The summed E-state index contributed by atoms with van der Waals surface area (Å²) >= 11 is 0. The van der Waals surface area contributed by atoms with Crippen LogP contribution in [0.1, 0.15) is 40.4 Å². The van der Waals surface area contributed by atoms with Crippen molar-refractivity contribution in [1.29, 1.82) is 5.26 Å². The van der Waals surface area contributed by atoms with Gasteiger partial charge in [0.1, 0.15) is 6.07 Å². The molecule has 0 unspecified atom stereocenters. The van der Waals surface area contributed by atoms with Crippen molar-refractivity contribution in [3.05, 3.63) is 153 Å². The van der Waals surface area contributed by atoms with Crippen molar-refractivity contribution in [2.75, 3.05) is 0 Å². The lowest BCUT2D eigenvalue weighted by Gasteiger charge is -2.18. The summed E-state index contributed by atoms with van der Waals surface area (Å²) in [6.45, 7) is 1.92. The molecule has 0 atom stereocenters. The Morgan fingerprint density at radius 3 is 1.70 bits per heavy atom. The number of hydrogen-bond donors (Lipinski definition) is 0. The van der Waals surface area contributed by atoms with Crippen molar-refractivity contribution in [1.82, 2.24) is 0 Å². The van der Waals surface area contributed by atoms with Crippen molar-refractivity contribution in [2.45, 2.75) is 13.3 Å². The zero-order chi connectivity index (χ0) is 26.2. The standard InChI is InChI=1S/C32H24N2O3/c1-23(29(24-11-5-2-6-12-24)21-31(35)26-13-7-3-8-14-26)32(27-15-9-4-10-16-27)30(22-33)25-17-19-28(20-18-25)34(36)37/h2-20H,21H2,1H3. The molecule has 4 aromatic rings. The van der Waals surface area contributed by atoms with Crippen LogP contribution in [-0.2, 0) is 0 Å². The Kier molecular flexibility index (Phi) is 7.82. The van der Waals surface area contributed by atoms with Crippen molar-refractivity contribution < 1.29 is 9.72 Å². The number of nitro groups is 1. The number of hydrogen-bond acceptors (Lipinski definition) is 4. The quantitative estimate of drug-likeness (QED) is 0.0638. The largest absolute Gasteiger partial charge is 0.294 e. The molecule has 0 fully saturated rings. The Balaban J connectivity index is 1.97. The molecular weight excluding hydrogens is 460 g/mol. The first kappa shape index (κ1) is 25.0. The van der Waals surface area contributed by atoms with Crippen LogP contribution in [0.15, 0.2) is 121 Å². The molecule has 0 saturated heterocycles. The molecular formula is C32H24N2O3. The summed E-state index contributed by atoms with van der Waals surface area (Å²) in [4.78, 5) is 24.0. The van der Waals surface area contributed by atoms with E-state index >= 15 is 0 Å². The van der Waals surface area contributed by atoms with E-state index in [1.54, 1.807) is 24.3 Å². The Bertz CT molecular complexity index is 1510. The Morgan fingerprint density at radius 2 is 1.22 bits per heavy atom. The molecule has 4 rings (SSSR count). The maximum Gasteiger partial charge on any atom is 0.269 e. The summed E-state index contributed by atoms with van der Waals surface area (Å²) < 4.78 is 0. The van der Waals surface area contributed by atoms with E-state index in [1.165, 1.54) is 12.1 Å². The monoisotopic (exact) mass is 484 g/mol. The number of nitro benzene ring substituents is 1. The molecule has 0 heterocycles. The lowest BCUT2D eigenvalue weighted by atomic mass is 9.84. The van der Waals surface area contributed by atoms with Gasteiger partial charge in [-0.15, -0.1) is 0 Å². The summed E-state index contributed by atoms with van der Waals surface area (Å²) in [5, 5.41) is 21.5. The number of Topliss-reactive ketones (excluding diaryl/α,β-unsaturated/α-hetero) is 1. The van der Waals surface area contributed by atoms with Gasteiger partial charge in [0.2, 0.25) is 0 Å². The van der Waals surface area contributed by atoms with Crippen LogP contribution in [0.4, 0.5) is 5.69 Å². The molecule has 0 amide bonds. The first-order valence-corrected chi connectivity index (χ1v) is 11.8. The molecule has 37 heavy (non-hydrogen) atoms. The molecule has 0 spiro atoms. The zero-order valence-electron chi connectivity index (χ0n) is 20.3. The summed E-state index contributed by atoms with van der Waals surface area (Å²) in [7, 11) is 0. The van der Waals surface area contributed by atoms with Gasteiger partial charge in [0.05, 0.1) is 10.5 Å². The van der Waals surface area contributed by atoms with Crippen LogP contribution < -0.4 is 0 Å². The van der Waals surface area contributed by atoms with E-state index in [2.05, 4.69) is 6.07 Å². The van der Waals surface area contributed by atoms with Gasteiger partial charge in [-0.3, -0.25) is 14.9 Å². The molecule has 0 aliphatic heterocycles. The van der Waals surface area contributed by atoms with Crippen molar-refractivity contribution in [3.63, 3.8) is 0 Å². The fraction of sp³-hybridized carbons (Fsp3) is 0.0625. The topological polar surface area (TPSA) is 84.0 Å². The minimum absolute atomic E-state index is 0.0277. The molecule has 0 aliphatic rings. The van der Waals surface area contributed by atoms with Gasteiger partial charge in [-0.1, -0.05) is 91.0 Å². The highest BCUT2D eigenvalue weighted by Crippen LogP contribution is 2.38. The van der Waals surface area contributed by atoms with Crippen LogP contribution in [0.25, 0.3) is 16.7 Å². The third-order valence-electron chi connectivity index (χ3n) is 6.17. The Labute approximate surface area is 215 Å². The average molecular weight is 485 g/mol. The van der Waals surface area contributed by atoms with Crippen LogP contribution in [0.5, 0.6) is 0 Å². The number of rotatable bonds is 8. The second-order valence-electron chi connectivity index (χ2n) is 8.47. The molecule has 0 saturated carbocycles. The number of carbonyl (C=O) groups excluding carboxylic acids is 1. The lowest BCUT2D eigenvalue weighted by molar-refractivity contribution is -0.384. The summed E-state index contributed by atoms with van der Waals surface area (Å²) in [5.41, 5.74) is 5.48. The van der Waals surface area contributed by atoms with Gasteiger partial charge in [-0.25, -0.2) is 0 Å². The maximum absolute atomic E-state index is 13.3. The highest BCUT2D eigenvalue weighted by Gasteiger charge is 2.20. The van der Waals surface area contributed by atoms with E-state index < -0.39 is 4.92 Å². The third-order valence-corrected chi connectivity index (χ3v) is 6.17. The Hall–Kier alpha value is -5.08. The van der Waals surface area contributed by atoms with E-state index in [0.29, 0.717) is 22.3 Å². The van der Waals surface area contributed by atoms with Gasteiger partial charge in [-0.05, 0) is 46.9 Å². The third kappa shape index (κ3) is 5.77. The minimum atomic E-state index is -0.467. The molecule has 5 heteroatoms. The van der Waals surface area contributed by atoms with E-state index in [4.69, 9.17) is 0 Å². The molecule has 0 N–H and O–H groups in total. The minimum Gasteiger partial charge on any atom is -0.294 e. The predicted octanol–water partition coefficient (Wildman–Crippen LogP) is 7.78. The second-order valence-corrected chi connectivity index (χ2v) is 8.47. The zero-order valence-corrected chi connectivity index (χ0v) is 20.3. The van der Waals surface area contributed by atoms with Crippen LogP contribution >= 0.6 is 0 Å². The van der Waals surface area contributed by atoms with Gasteiger partial charge < -0.3 is 0 Å². The number of nitrogens with zero attached hydrogens (tertiary/aromatic N) is 2. The molecule has 4 aromatic carbocycles. The number of benzene rings is 4. The van der Waals surface area contributed by atoms with Gasteiger partial charge in [-0.2, -0.15) is 5.26 Å². The maximum atomic E-state index is 13.3. The SMILES string of the molecule is CC(=C(CC(=O)c1ccccc1)c1ccccc1)C(=C(C#N)c1ccc([N+](=O)[O-])cc1)c1ccccc1. The van der Waals surface area contributed by atoms with E-state index in [-0.39, 0.29) is 17.9 Å². The van der Waals surface area contributed by atoms with Crippen LogP contribution in [0.2, 0.25) is 0 Å². The number of ketones is 1. The van der Waals surface area contributed by atoms with Crippen molar-refractivity contribution in [2.24, 2.45) is 0 Å². The normalized spacial score (nSPS) is 12.1. The molecule has 0 aromatic heterocycles. The number of non-ortho nitro benzene ring substituents is 1. The molecule has 0 aliphatic carbocycles. The average Bonchev–Trinajstić information content (AvgIpc) is 2.95. The summed E-state index contributed by atoms with van der Waals surface area (Å²) in [6, 6.07) is 36.6. The summed E-state index contributed by atoms with van der Waals surface area (Å²) in [6.07, 6.45) is 0.148. The van der Waals surface area contributed by atoms with E-state index in [1.807, 2.05) is 85.8 Å².